The van der Waals surface area contributed by atoms with E-state index in [-0.39, 0.29) is 0 Å². The smallest absolute Gasteiger partial charge is 0.0279 e. The summed E-state index contributed by atoms with van der Waals surface area (Å²) in [4.78, 5) is 2.66. The van der Waals surface area contributed by atoms with E-state index in [0.717, 1.165) is 0 Å². The minimum atomic E-state index is 0.482. The summed E-state index contributed by atoms with van der Waals surface area (Å²) in [5, 5.41) is 3.43. The van der Waals surface area contributed by atoms with Crippen LogP contribution in [0.2, 0.25) is 0 Å². The highest BCUT2D eigenvalue weighted by atomic mass is 32.2. The van der Waals surface area contributed by atoms with Crippen molar-refractivity contribution < 1.29 is 0 Å². The standard InChI is InChI=1S/C13H28N2S/c1-5-13(6-2,16-4)11-15-9-7-8-12(10-15)14-3/h12,14H,5-11H2,1-4H3. The van der Waals surface area contributed by atoms with Crippen LogP contribution >= 0.6 is 11.8 Å². The number of hydrogen-bond acceptors (Lipinski definition) is 3. The van der Waals surface area contributed by atoms with E-state index < -0.39 is 0 Å². The quantitative estimate of drug-likeness (QED) is 0.773. The molecule has 1 heterocycles. The first kappa shape index (κ1) is 14.3. The monoisotopic (exact) mass is 244 g/mol. The molecule has 0 bridgehead atoms. The van der Waals surface area contributed by atoms with Crippen LogP contribution in [0.4, 0.5) is 0 Å². The van der Waals surface area contributed by atoms with E-state index in [2.05, 4.69) is 49.1 Å². The van der Waals surface area contributed by atoms with Gasteiger partial charge in [-0.2, -0.15) is 11.8 Å². The fourth-order valence-corrected chi connectivity index (χ4v) is 3.56. The van der Waals surface area contributed by atoms with Gasteiger partial charge in [-0.1, -0.05) is 13.8 Å². The molecule has 1 saturated heterocycles. The van der Waals surface area contributed by atoms with Gasteiger partial charge in [-0.3, -0.25) is 0 Å². The molecular formula is C13H28N2S. The molecule has 1 unspecified atom stereocenters. The Morgan fingerprint density at radius 2 is 2.06 bits per heavy atom. The fraction of sp³-hybridized carbons (Fsp3) is 1.00. The molecule has 0 spiro atoms. The van der Waals surface area contributed by atoms with Crippen LogP contribution in [0, 0.1) is 0 Å². The van der Waals surface area contributed by atoms with Crippen LogP contribution < -0.4 is 5.32 Å². The summed E-state index contributed by atoms with van der Waals surface area (Å²) >= 11 is 2.06. The lowest BCUT2D eigenvalue weighted by atomic mass is 9.98. The Hall–Kier alpha value is 0.270. The van der Waals surface area contributed by atoms with Crippen molar-refractivity contribution >= 4 is 11.8 Å². The Labute approximate surface area is 106 Å². The van der Waals surface area contributed by atoms with Crippen molar-refractivity contribution in [3.63, 3.8) is 0 Å². The molecule has 1 aliphatic heterocycles. The van der Waals surface area contributed by atoms with E-state index in [4.69, 9.17) is 0 Å². The maximum atomic E-state index is 3.43. The molecule has 0 aromatic carbocycles. The van der Waals surface area contributed by atoms with Crippen LogP contribution in [-0.4, -0.2) is 48.6 Å². The summed E-state index contributed by atoms with van der Waals surface area (Å²) in [6.07, 6.45) is 7.53. The minimum absolute atomic E-state index is 0.482. The van der Waals surface area contributed by atoms with E-state index in [1.165, 1.54) is 45.3 Å². The molecule has 0 aliphatic carbocycles. The highest BCUT2D eigenvalue weighted by molar-refractivity contribution is 8.00. The average Bonchev–Trinajstić information content (AvgIpc) is 2.36. The van der Waals surface area contributed by atoms with Gasteiger partial charge in [0.15, 0.2) is 0 Å². The topological polar surface area (TPSA) is 15.3 Å². The highest BCUT2D eigenvalue weighted by Gasteiger charge is 2.29. The molecule has 96 valence electrons. The molecule has 16 heavy (non-hydrogen) atoms. The number of piperidine rings is 1. The Morgan fingerprint density at radius 3 is 2.56 bits per heavy atom. The van der Waals surface area contributed by atoms with Gasteiger partial charge in [0.25, 0.3) is 0 Å². The molecule has 0 aromatic rings. The second-order valence-electron chi connectivity index (χ2n) is 4.96. The average molecular weight is 244 g/mol. The van der Waals surface area contributed by atoms with Crippen molar-refractivity contribution in [3.05, 3.63) is 0 Å². The minimum Gasteiger partial charge on any atom is -0.316 e. The predicted octanol–water partition coefficient (Wildman–Crippen LogP) is 2.59. The normalized spacial score (nSPS) is 23.6. The first-order chi connectivity index (χ1) is 7.69. The summed E-state index contributed by atoms with van der Waals surface area (Å²) < 4.78 is 0.482. The third-order valence-electron chi connectivity index (χ3n) is 4.15. The third-order valence-corrected chi connectivity index (χ3v) is 5.72. The predicted molar refractivity (Wildman–Crippen MR) is 75.3 cm³/mol. The van der Waals surface area contributed by atoms with Crippen LogP contribution in [0.1, 0.15) is 39.5 Å². The number of nitrogens with one attached hydrogen (secondary N) is 1. The number of hydrogen-bond donors (Lipinski definition) is 1. The number of rotatable bonds is 6. The highest BCUT2D eigenvalue weighted by Crippen LogP contribution is 2.32. The van der Waals surface area contributed by atoms with Gasteiger partial charge in [0.05, 0.1) is 0 Å². The SMILES string of the molecule is CCC(CC)(CN1CCCC(NC)C1)SC. The Morgan fingerprint density at radius 1 is 1.38 bits per heavy atom. The number of nitrogens with zero attached hydrogens (tertiary/aromatic N) is 1. The Kier molecular flexibility index (Phi) is 6.16. The van der Waals surface area contributed by atoms with Gasteiger partial charge in [0.1, 0.15) is 0 Å². The molecular weight excluding hydrogens is 216 g/mol. The maximum Gasteiger partial charge on any atom is 0.0279 e. The molecule has 1 atom stereocenters. The third kappa shape index (κ3) is 3.64. The molecule has 3 heteroatoms. The van der Waals surface area contributed by atoms with Crippen molar-refractivity contribution in [2.24, 2.45) is 0 Å². The summed E-state index contributed by atoms with van der Waals surface area (Å²) in [6.45, 7) is 8.46. The van der Waals surface area contributed by atoms with Crippen molar-refractivity contribution in [1.29, 1.82) is 0 Å². The molecule has 0 radical (unpaired) electrons. The first-order valence-electron chi connectivity index (χ1n) is 6.64. The number of likely N-dealkylation sites (N-methyl/N-ethyl adjacent to an activating group) is 1. The van der Waals surface area contributed by atoms with Crippen LogP contribution in [-0.2, 0) is 0 Å². The van der Waals surface area contributed by atoms with Gasteiger partial charge in [-0.05, 0) is 45.5 Å². The van der Waals surface area contributed by atoms with E-state index in [9.17, 15) is 0 Å². The zero-order valence-corrected chi connectivity index (χ0v) is 12.2. The van der Waals surface area contributed by atoms with Crippen LogP contribution in [0.5, 0.6) is 0 Å². The van der Waals surface area contributed by atoms with E-state index in [1.54, 1.807) is 0 Å². The van der Waals surface area contributed by atoms with E-state index in [1.807, 2.05) is 0 Å². The van der Waals surface area contributed by atoms with Gasteiger partial charge >= 0.3 is 0 Å². The fourth-order valence-electron chi connectivity index (χ4n) is 2.67. The van der Waals surface area contributed by atoms with Crippen molar-refractivity contribution in [1.82, 2.24) is 10.2 Å². The lowest BCUT2D eigenvalue weighted by Crippen LogP contribution is -2.49. The van der Waals surface area contributed by atoms with Crippen LogP contribution in [0.3, 0.4) is 0 Å². The molecule has 1 fully saturated rings. The summed E-state index contributed by atoms with van der Waals surface area (Å²) in [7, 11) is 2.09. The Balaban J connectivity index is 2.50. The van der Waals surface area contributed by atoms with E-state index >= 15 is 0 Å². The van der Waals surface area contributed by atoms with Gasteiger partial charge in [-0.25, -0.2) is 0 Å². The lowest BCUT2D eigenvalue weighted by molar-refractivity contribution is 0.175. The number of thioether (sulfide) groups is 1. The van der Waals surface area contributed by atoms with E-state index in [0.29, 0.717) is 10.8 Å². The van der Waals surface area contributed by atoms with Gasteiger partial charge in [-0.15, -0.1) is 0 Å². The maximum absolute atomic E-state index is 3.43. The summed E-state index contributed by atoms with van der Waals surface area (Å²) in [5.41, 5.74) is 0. The van der Waals surface area contributed by atoms with Crippen LogP contribution in [0.15, 0.2) is 0 Å². The summed E-state index contributed by atoms with van der Waals surface area (Å²) in [6, 6.07) is 0.710. The molecule has 0 amide bonds. The zero-order chi connectivity index (χ0) is 12.0. The molecule has 1 N–H and O–H groups in total. The molecule has 0 saturated carbocycles. The Bertz CT molecular complexity index is 184. The number of likely N-dealkylation sites (tertiary alicyclic amines) is 1. The zero-order valence-electron chi connectivity index (χ0n) is 11.4. The molecule has 1 aliphatic rings. The van der Waals surface area contributed by atoms with Crippen molar-refractivity contribution in [3.8, 4) is 0 Å². The van der Waals surface area contributed by atoms with Gasteiger partial charge in [0, 0.05) is 23.9 Å². The molecule has 0 aromatic heterocycles. The molecule has 2 nitrogen and oxygen atoms in total. The van der Waals surface area contributed by atoms with Gasteiger partial charge < -0.3 is 10.2 Å². The largest absolute Gasteiger partial charge is 0.316 e. The lowest BCUT2D eigenvalue weighted by Gasteiger charge is -2.40. The van der Waals surface area contributed by atoms with Crippen molar-refractivity contribution in [2.75, 3.05) is 32.9 Å². The second-order valence-corrected chi connectivity index (χ2v) is 6.23. The van der Waals surface area contributed by atoms with Crippen LogP contribution in [0.25, 0.3) is 0 Å². The van der Waals surface area contributed by atoms with Gasteiger partial charge in [0.2, 0.25) is 0 Å². The molecule has 1 rings (SSSR count). The van der Waals surface area contributed by atoms with Crippen molar-refractivity contribution in [2.45, 2.75) is 50.3 Å². The second kappa shape index (κ2) is 6.87. The first-order valence-corrected chi connectivity index (χ1v) is 7.87. The summed E-state index contributed by atoms with van der Waals surface area (Å²) in [5.74, 6) is 0.